The number of amides is 2. The number of benzene rings is 2. The number of carbonyl (C=O) groups is 2. The molecule has 130 valence electrons. The molecule has 0 saturated heterocycles. The summed E-state index contributed by atoms with van der Waals surface area (Å²) in [4.78, 5) is 22.9. The summed E-state index contributed by atoms with van der Waals surface area (Å²) in [6.07, 6.45) is 1.39. The van der Waals surface area contributed by atoms with E-state index in [1.807, 2.05) is 13.0 Å². The third-order valence-electron chi connectivity index (χ3n) is 2.92. The van der Waals surface area contributed by atoms with Gasteiger partial charge in [-0.05, 0) is 52.7 Å². The summed E-state index contributed by atoms with van der Waals surface area (Å²) in [5.41, 5.74) is 8.08. The second-order valence-corrected chi connectivity index (χ2v) is 5.61. The van der Waals surface area contributed by atoms with Gasteiger partial charge in [-0.1, -0.05) is 18.2 Å². The number of nitrogens with zero attached hydrogens (tertiary/aromatic N) is 1. The van der Waals surface area contributed by atoms with E-state index >= 15 is 0 Å². The number of rotatable bonds is 6. The van der Waals surface area contributed by atoms with E-state index in [2.05, 4.69) is 26.5 Å². The Morgan fingerprint density at radius 3 is 2.64 bits per heavy atom. The van der Waals surface area contributed by atoms with Crippen LogP contribution in [0.2, 0.25) is 0 Å². The molecule has 3 N–H and O–H groups in total. The van der Waals surface area contributed by atoms with Gasteiger partial charge in [-0.15, -0.1) is 0 Å². The molecule has 0 spiro atoms. The first-order chi connectivity index (χ1) is 12.0. The minimum absolute atomic E-state index is 0.260. The van der Waals surface area contributed by atoms with Crippen molar-refractivity contribution in [2.45, 2.75) is 6.92 Å². The van der Waals surface area contributed by atoms with Gasteiger partial charge >= 0.3 is 12.0 Å². The van der Waals surface area contributed by atoms with E-state index in [4.69, 9.17) is 15.2 Å². The van der Waals surface area contributed by atoms with Crippen LogP contribution >= 0.6 is 15.9 Å². The predicted molar refractivity (Wildman–Crippen MR) is 97.0 cm³/mol. The van der Waals surface area contributed by atoms with Gasteiger partial charge in [0.15, 0.2) is 11.5 Å². The molecule has 0 radical (unpaired) electrons. The number of hydrogen-bond donors (Lipinski definition) is 2. The van der Waals surface area contributed by atoms with Crippen molar-refractivity contribution in [3.8, 4) is 11.5 Å². The van der Waals surface area contributed by atoms with Crippen molar-refractivity contribution in [3.05, 3.63) is 58.1 Å². The first-order valence-corrected chi connectivity index (χ1v) is 8.12. The lowest BCUT2D eigenvalue weighted by Crippen LogP contribution is -2.24. The highest BCUT2D eigenvalue weighted by Gasteiger charge is 2.17. The van der Waals surface area contributed by atoms with E-state index in [1.54, 1.807) is 36.4 Å². The Hall–Kier alpha value is -2.87. The first kappa shape index (κ1) is 18.5. The van der Waals surface area contributed by atoms with Crippen LogP contribution in [-0.4, -0.2) is 24.8 Å². The number of urea groups is 1. The molecular weight excluding hydrogens is 390 g/mol. The SMILES string of the molecule is CCOc1cc(C=NNC(N)=O)cc(Br)c1OC(=O)c1ccccc1. The Kier molecular flexibility index (Phi) is 6.53. The summed E-state index contributed by atoms with van der Waals surface area (Å²) in [6.45, 7) is 2.19. The van der Waals surface area contributed by atoms with Crippen molar-refractivity contribution in [2.75, 3.05) is 6.61 Å². The van der Waals surface area contributed by atoms with Crippen LogP contribution in [0.5, 0.6) is 11.5 Å². The Morgan fingerprint density at radius 1 is 1.28 bits per heavy atom. The summed E-state index contributed by atoms with van der Waals surface area (Å²) in [5, 5.41) is 3.69. The van der Waals surface area contributed by atoms with Crippen LogP contribution in [0.1, 0.15) is 22.8 Å². The number of esters is 1. The van der Waals surface area contributed by atoms with Gasteiger partial charge in [0.05, 0.1) is 22.9 Å². The Balaban J connectivity index is 2.29. The zero-order valence-electron chi connectivity index (χ0n) is 13.4. The average Bonchev–Trinajstić information content (AvgIpc) is 2.58. The topological polar surface area (TPSA) is 103 Å². The maximum Gasteiger partial charge on any atom is 0.343 e. The van der Waals surface area contributed by atoms with Crippen LogP contribution < -0.4 is 20.6 Å². The number of ether oxygens (including phenoxy) is 2. The van der Waals surface area contributed by atoms with E-state index in [-0.39, 0.29) is 5.75 Å². The monoisotopic (exact) mass is 405 g/mol. The second kappa shape index (κ2) is 8.84. The standard InChI is InChI=1S/C17H16BrN3O4/c1-2-24-14-9-11(10-20-21-17(19)23)8-13(18)15(14)25-16(22)12-6-4-3-5-7-12/h3-10H,2H2,1H3,(H3,19,21,23). The third kappa shape index (κ3) is 5.32. The fraction of sp³-hybridized carbons (Fsp3) is 0.118. The fourth-order valence-corrected chi connectivity index (χ4v) is 2.46. The lowest BCUT2D eigenvalue weighted by Gasteiger charge is -2.13. The van der Waals surface area contributed by atoms with Gasteiger partial charge in [0.25, 0.3) is 0 Å². The van der Waals surface area contributed by atoms with E-state index in [0.29, 0.717) is 28.0 Å². The zero-order valence-corrected chi connectivity index (χ0v) is 14.9. The van der Waals surface area contributed by atoms with Crippen LogP contribution in [0, 0.1) is 0 Å². The summed E-state index contributed by atoms with van der Waals surface area (Å²) < 4.78 is 11.5. The molecule has 2 amide bonds. The Labute approximate surface area is 152 Å². The highest BCUT2D eigenvalue weighted by Crippen LogP contribution is 2.37. The number of halogens is 1. The largest absolute Gasteiger partial charge is 0.490 e. The van der Waals surface area contributed by atoms with Crippen molar-refractivity contribution in [3.63, 3.8) is 0 Å². The van der Waals surface area contributed by atoms with E-state index in [0.717, 1.165) is 0 Å². The van der Waals surface area contributed by atoms with Crippen LogP contribution in [0.15, 0.2) is 52.0 Å². The first-order valence-electron chi connectivity index (χ1n) is 7.33. The minimum atomic E-state index is -0.770. The van der Waals surface area contributed by atoms with Crippen molar-refractivity contribution in [1.82, 2.24) is 5.43 Å². The van der Waals surface area contributed by atoms with Gasteiger partial charge in [-0.25, -0.2) is 15.0 Å². The highest BCUT2D eigenvalue weighted by atomic mass is 79.9. The lowest BCUT2D eigenvalue weighted by atomic mass is 10.2. The summed E-state index contributed by atoms with van der Waals surface area (Å²) in [5.74, 6) is 0.122. The van der Waals surface area contributed by atoms with E-state index in [9.17, 15) is 9.59 Å². The van der Waals surface area contributed by atoms with Gasteiger partial charge in [0.2, 0.25) is 0 Å². The smallest absolute Gasteiger partial charge is 0.343 e. The fourth-order valence-electron chi connectivity index (χ4n) is 1.92. The summed E-state index contributed by atoms with van der Waals surface area (Å²) >= 11 is 3.36. The van der Waals surface area contributed by atoms with Crippen molar-refractivity contribution in [1.29, 1.82) is 0 Å². The molecule has 0 aliphatic rings. The Morgan fingerprint density at radius 2 is 2.00 bits per heavy atom. The average molecular weight is 406 g/mol. The molecule has 7 nitrogen and oxygen atoms in total. The number of hydrogen-bond acceptors (Lipinski definition) is 5. The van der Waals surface area contributed by atoms with Crippen molar-refractivity contribution in [2.24, 2.45) is 10.8 Å². The summed E-state index contributed by atoms with van der Waals surface area (Å²) in [6, 6.07) is 11.2. The number of primary amides is 1. The molecule has 0 unspecified atom stereocenters. The molecule has 0 aliphatic carbocycles. The van der Waals surface area contributed by atoms with Gasteiger partial charge in [0, 0.05) is 0 Å². The van der Waals surface area contributed by atoms with E-state index in [1.165, 1.54) is 6.21 Å². The predicted octanol–water partition coefficient (Wildman–Crippen LogP) is 3.07. The number of nitrogens with one attached hydrogen (secondary N) is 1. The number of hydrazone groups is 1. The van der Waals surface area contributed by atoms with Crippen LogP contribution in [-0.2, 0) is 0 Å². The maximum absolute atomic E-state index is 12.3. The molecule has 0 bridgehead atoms. The van der Waals surface area contributed by atoms with Crippen molar-refractivity contribution >= 4 is 34.1 Å². The van der Waals surface area contributed by atoms with Crippen LogP contribution in [0.4, 0.5) is 4.79 Å². The summed E-state index contributed by atoms with van der Waals surface area (Å²) in [7, 11) is 0. The maximum atomic E-state index is 12.3. The molecule has 8 heteroatoms. The molecule has 0 aliphatic heterocycles. The van der Waals surface area contributed by atoms with Crippen molar-refractivity contribution < 1.29 is 19.1 Å². The van der Waals surface area contributed by atoms with Gasteiger partial charge in [-0.2, -0.15) is 5.10 Å². The second-order valence-electron chi connectivity index (χ2n) is 4.75. The molecule has 0 atom stereocenters. The van der Waals surface area contributed by atoms with Gasteiger partial charge in [0.1, 0.15) is 0 Å². The Bertz CT molecular complexity index is 794. The van der Waals surface area contributed by atoms with Gasteiger partial charge in [-0.3, -0.25) is 0 Å². The quantitative estimate of drug-likeness (QED) is 0.333. The lowest BCUT2D eigenvalue weighted by molar-refractivity contribution is 0.0727. The molecule has 0 saturated carbocycles. The third-order valence-corrected chi connectivity index (χ3v) is 3.51. The minimum Gasteiger partial charge on any atom is -0.490 e. The molecule has 0 heterocycles. The van der Waals surface area contributed by atoms with Crippen LogP contribution in [0.25, 0.3) is 0 Å². The zero-order chi connectivity index (χ0) is 18.2. The normalized spacial score (nSPS) is 10.5. The number of nitrogens with two attached hydrogens (primary N) is 1. The molecule has 25 heavy (non-hydrogen) atoms. The van der Waals surface area contributed by atoms with Gasteiger partial charge < -0.3 is 15.2 Å². The molecule has 0 aromatic heterocycles. The molecule has 2 aromatic carbocycles. The van der Waals surface area contributed by atoms with Crippen LogP contribution in [0.3, 0.4) is 0 Å². The molecule has 2 rings (SSSR count). The number of carbonyl (C=O) groups excluding carboxylic acids is 2. The molecule has 2 aromatic rings. The highest BCUT2D eigenvalue weighted by molar-refractivity contribution is 9.10. The molecule has 0 fully saturated rings. The van der Waals surface area contributed by atoms with E-state index < -0.39 is 12.0 Å². The molecular formula is C17H16BrN3O4.